The first-order valence-electron chi connectivity index (χ1n) is 11.5. The Balaban J connectivity index is 1.85. The van der Waals surface area contributed by atoms with E-state index < -0.39 is 11.2 Å². The second-order valence-corrected chi connectivity index (χ2v) is 8.92. The van der Waals surface area contributed by atoms with E-state index in [1.165, 1.54) is 4.57 Å². The van der Waals surface area contributed by atoms with Crippen LogP contribution in [0.1, 0.15) is 65.3 Å². The Bertz CT molecular complexity index is 1030. The van der Waals surface area contributed by atoms with Crippen LogP contribution in [0.25, 0.3) is 0 Å². The Kier molecular flexibility index (Phi) is 7.76. The highest BCUT2D eigenvalue weighted by Gasteiger charge is 2.24. The van der Waals surface area contributed by atoms with Crippen LogP contribution >= 0.6 is 0 Å². The van der Waals surface area contributed by atoms with Gasteiger partial charge in [-0.2, -0.15) is 5.10 Å². The first-order chi connectivity index (χ1) is 15.3. The fourth-order valence-electron chi connectivity index (χ4n) is 4.31. The van der Waals surface area contributed by atoms with Gasteiger partial charge in [-0.15, -0.1) is 0 Å². The quantitative estimate of drug-likeness (QED) is 0.514. The lowest BCUT2D eigenvalue weighted by Gasteiger charge is -2.27. The van der Waals surface area contributed by atoms with E-state index in [0.717, 1.165) is 38.5 Å². The van der Waals surface area contributed by atoms with Gasteiger partial charge in [-0.25, -0.2) is 9.48 Å². The van der Waals surface area contributed by atoms with Crippen molar-refractivity contribution in [3.05, 3.63) is 33.1 Å². The summed E-state index contributed by atoms with van der Waals surface area (Å²) in [7, 11) is 0. The van der Waals surface area contributed by atoms with Crippen LogP contribution in [0.3, 0.4) is 0 Å². The molecule has 10 heteroatoms. The van der Waals surface area contributed by atoms with Gasteiger partial charge in [0.25, 0.3) is 5.56 Å². The van der Waals surface area contributed by atoms with Crippen molar-refractivity contribution in [1.82, 2.24) is 19.3 Å². The van der Waals surface area contributed by atoms with Crippen molar-refractivity contribution in [2.45, 2.75) is 71.9 Å². The number of anilines is 3. The molecule has 2 heterocycles. The number of nitrogens with zero attached hydrogens (tertiary/aromatic N) is 4. The summed E-state index contributed by atoms with van der Waals surface area (Å²) in [5, 5.41) is 7.33. The molecule has 0 spiro atoms. The average molecular weight is 446 g/mol. The van der Waals surface area contributed by atoms with Gasteiger partial charge >= 0.3 is 5.69 Å². The zero-order chi connectivity index (χ0) is 23.3. The van der Waals surface area contributed by atoms with Crippen LogP contribution in [0.5, 0.6) is 0 Å². The summed E-state index contributed by atoms with van der Waals surface area (Å²) >= 11 is 0. The minimum absolute atomic E-state index is 0.0622. The standard InChI is InChI=1S/C22H35N7O3/c1-4-5-12-28-20(23)19(21(31)26-22(28)32)27(13-15(2)3)14-18(30)25-17-10-11-24-29(17)16-8-6-7-9-16/h10-11,15-16H,4-9,12-14,23H2,1-3H3,(H,25,30)(H,26,31,32). The molecule has 4 N–H and O–H groups in total. The number of nitrogens with two attached hydrogens (primary N) is 1. The topological polar surface area (TPSA) is 131 Å². The summed E-state index contributed by atoms with van der Waals surface area (Å²) in [6.07, 6.45) is 7.75. The zero-order valence-electron chi connectivity index (χ0n) is 19.3. The van der Waals surface area contributed by atoms with Crippen molar-refractivity contribution < 1.29 is 4.79 Å². The van der Waals surface area contributed by atoms with Crippen molar-refractivity contribution >= 4 is 23.2 Å². The summed E-state index contributed by atoms with van der Waals surface area (Å²) in [6.45, 7) is 6.80. The smallest absolute Gasteiger partial charge is 0.330 e. The zero-order valence-corrected chi connectivity index (χ0v) is 19.3. The number of nitrogens with one attached hydrogen (secondary N) is 2. The normalized spacial score (nSPS) is 14.2. The molecule has 1 amide bonds. The largest absolute Gasteiger partial charge is 0.383 e. The second kappa shape index (κ2) is 10.5. The Hall–Kier alpha value is -3.04. The average Bonchev–Trinajstić information content (AvgIpc) is 3.38. The number of amides is 1. The number of aromatic nitrogens is 4. The number of H-pyrrole nitrogens is 1. The van der Waals surface area contributed by atoms with E-state index in [-0.39, 0.29) is 29.9 Å². The summed E-state index contributed by atoms with van der Waals surface area (Å²) in [5.41, 5.74) is 5.33. The van der Waals surface area contributed by atoms with E-state index in [1.807, 2.05) is 25.5 Å². The second-order valence-electron chi connectivity index (χ2n) is 8.92. The lowest BCUT2D eigenvalue weighted by atomic mass is 10.2. The van der Waals surface area contributed by atoms with E-state index in [4.69, 9.17) is 5.73 Å². The molecular formula is C22H35N7O3. The van der Waals surface area contributed by atoms with Gasteiger partial charge in [-0.3, -0.25) is 19.1 Å². The van der Waals surface area contributed by atoms with Crippen LogP contribution in [0, 0.1) is 5.92 Å². The van der Waals surface area contributed by atoms with Gasteiger partial charge in [0.2, 0.25) is 5.91 Å². The lowest BCUT2D eigenvalue weighted by molar-refractivity contribution is -0.115. The third-order valence-corrected chi connectivity index (χ3v) is 5.79. The van der Waals surface area contributed by atoms with Crippen molar-refractivity contribution in [1.29, 1.82) is 0 Å². The molecule has 0 unspecified atom stereocenters. The molecule has 1 fully saturated rings. The van der Waals surface area contributed by atoms with E-state index in [9.17, 15) is 14.4 Å². The third kappa shape index (κ3) is 5.41. The Morgan fingerprint density at radius 2 is 2.06 bits per heavy atom. The summed E-state index contributed by atoms with van der Waals surface area (Å²) in [6, 6.07) is 2.09. The fourth-order valence-corrected chi connectivity index (χ4v) is 4.31. The maximum absolute atomic E-state index is 13.0. The number of nitrogen functional groups attached to an aromatic ring is 1. The highest BCUT2D eigenvalue weighted by molar-refractivity contribution is 5.93. The maximum atomic E-state index is 13.0. The van der Waals surface area contributed by atoms with Gasteiger partial charge in [0.15, 0.2) is 0 Å². The first kappa shape index (κ1) is 23.6. The van der Waals surface area contributed by atoms with Gasteiger partial charge in [0.1, 0.15) is 17.3 Å². The summed E-state index contributed by atoms with van der Waals surface area (Å²) in [4.78, 5) is 42.0. The molecule has 0 radical (unpaired) electrons. The van der Waals surface area contributed by atoms with Gasteiger partial charge < -0.3 is 16.0 Å². The highest BCUT2D eigenvalue weighted by Crippen LogP contribution is 2.31. The van der Waals surface area contributed by atoms with Crippen LogP contribution in [-0.4, -0.2) is 38.3 Å². The van der Waals surface area contributed by atoms with Crippen LogP contribution < -0.4 is 27.2 Å². The molecule has 0 bridgehead atoms. The Labute approximate surface area is 187 Å². The molecule has 10 nitrogen and oxygen atoms in total. The molecule has 0 atom stereocenters. The van der Waals surface area contributed by atoms with Gasteiger partial charge in [-0.05, 0) is 25.2 Å². The summed E-state index contributed by atoms with van der Waals surface area (Å²) < 4.78 is 3.25. The third-order valence-electron chi connectivity index (χ3n) is 5.79. The monoisotopic (exact) mass is 445 g/mol. The van der Waals surface area contributed by atoms with E-state index in [0.29, 0.717) is 24.9 Å². The van der Waals surface area contributed by atoms with E-state index >= 15 is 0 Å². The number of carbonyl (C=O) groups is 1. The molecule has 0 aliphatic heterocycles. The van der Waals surface area contributed by atoms with Crippen molar-refractivity contribution in [2.24, 2.45) is 5.92 Å². The molecule has 3 rings (SSSR count). The molecule has 0 aromatic carbocycles. The van der Waals surface area contributed by atoms with Gasteiger partial charge in [0.05, 0.1) is 18.8 Å². The van der Waals surface area contributed by atoms with Crippen molar-refractivity contribution in [3.8, 4) is 0 Å². The fraction of sp³-hybridized carbons (Fsp3) is 0.636. The molecule has 32 heavy (non-hydrogen) atoms. The number of carbonyl (C=O) groups excluding carboxylic acids is 1. The molecule has 2 aromatic heterocycles. The SMILES string of the molecule is CCCCn1c(N)c(N(CC(=O)Nc2ccnn2C2CCCC2)CC(C)C)c(=O)[nH]c1=O. The van der Waals surface area contributed by atoms with Crippen molar-refractivity contribution in [3.63, 3.8) is 0 Å². The minimum Gasteiger partial charge on any atom is -0.383 e. The van der Waals surface area contributed by atoms with E-state index in [2.05, 4.69) is 15.4 Å². The number of hydrogen-bond acceptors (Lipinski definition) is 6. The molecule has 1 saturated carbocycles. The molecule has 176 valence electrons. The van der Waals surface area contributed by atoms with Crippen LogP contribution in [-0.2, 0) is 11.3 Å². The predicted molar refractivity (Wildman–Crippen MR) is 126 cm³/mol. The number of unbranched alkanes of at least 4 members (excludes halogenated alkanes) is 1. The van der Waals surface area contributed by atoms with Crippen molar-refractivity contribution in [2.75, 3.05) is 29.0 Å². The lowest BCUT2D eigenvalue weighted by Crippen LogP contribution is -2.43. The van der Waals surface area contributed by atoms with E-state index in [1.54, 1.807) is 17.2 Å². The maximum Gasteiger partial charge on any atom is 0.330 e. The first-order valence-corrected chi connectivity index (χ1v) is 11.5. The van der Waals surface area contributed by atoms with Crippen LogP contribution in [0.2, 0.25) is 0 Å². The van der Waals surface area contributed by atoms with Crippen LogP contribution in [0.4, 0.5) is 17.3 Å². The minimum atomic E-state index is -0.579. The Morgan fingerprint density at radius 1 is 1.34 bits per heavy atom. The number of rotatable bonds is 10. The summed E-state index contributed by atoms with van der Waals surface area (Å²) in [5.74, 6) is 0.648. The highest BCUT2D eigenvalue weighted by atomic mass is 16.2. The van der Waals surface area contributed by atoms with Gasteiger partial charge in [0, 0.05) is 19.2 Å². The molecule has 0 saturated heterocycles. The van der Waals surface area contributed by atoms with Gasteiger partial charge in [-0.1, -0.05) is 40.0 Å². The molecule has 1 aliphatic rings. The molecule has 1 aliphatic carbocycles. The molecule has 2 aromatic rings. The van der Waals surface area contributed by atoms with Crippen LogP contribution in [0.15, 0.2) is 21.9 Å². The number of aromatic amines is 1. The molecular weight excluding hydrogens is 410 g/mol. The number of hydrogen-bond donors (Lipinski definition) is 3. The predicted octanol–water partition coefficient (Wildman–Crippen LogP) is 2.33. The Morgan fingerprint density at radius 3 is 2.72 bits per heavy atom.